The van der Waals surface area contributed by atoms with Gasteiger partial charge in [-0.05, 0) is 19.1 Å². The highest BCUT2D eigenvalue weighted by atomic mass is 32.2. The maximum Gasteiger partial charge on any atom is 0.269 e. The molecule has 0 aromatic heterocycles. The van der Waals surface area contributed by atoms with E-state index in [0.29, 0.717) is 0 Å². The summed E-state index contributed by atoms with van der Waals surface area (Å²) < 4.78 is 27.4. The van der Waals surface area contributed by atoms with Crippen molar-refractivity contribution >= 4 is 33.4 Å². The molecule has 1 aromatic carbocycles. The Labute approximate surface area is 166 Å². The minimum Gasteiger partial charge on any atom is -0.368 e. The molecule has 1 aromatic rings. The summed E-state index contributed by atoms with van der Waals surface area (Å²) in [6.45, 7) is 0.740. The first-order chi connectivity index (χ1) is 13.5. The summed E-state index contributed by atoms with van der Waals surface area (Å²) in [5, 5.41) is 10.8. The van der Waals surface area contributed by atoms with Crippen molar-refractivity contribution in [3.63, 3.8) is 0 Å². The van der Waals surface area contributed by atoms with Gasteiger partial charge >= 0.3 is 0 Å². The second kappa shape index (κ2) is 7.40. The SMILES string of the molecule is C[C@H]1C(=O)N(CC(N)=O)C[C@H]2N1C(=O)CCN2S(=O)(=O)c1ccc([N+](=O)[O-])cc1. The Hall–Kier alpha value is -3.06. The average Bonchev–Trinajstić information content (AvgIpc) is 2.65. The molecule has 13 heteroatoms. The number of hydrogen-bond donors (Lipinski definition) is 1. The van der Waals surface area contributed by atoms with E-state index in [-0.39, 0.29) is 36.0 Å². The molecule has 2 fully saturated rings. The topological polar surface area (TPSA) is 164 Å². The van der Waals surface area contributed by atoms with Crippen molar-refractivity contribution in [2.24, 2.45) is 5.73 Å². The first-order valence-electron chi connectivity index (χ1n) is 8.68. The lowest BCUT2D eigenvalue weighted by molar-refractivity contribution is -0.384. The predicted molar refractivity (Wildman–Crippen MR) is 97.5 cm³/mol. The fourth-order valence-electron chi connectivity index (χ4n) is 3.60. The third-order valence-corrected chi connectivity index (χ3v) is 6.87. The number of nitrogens with zero attached hydrogens (tertiary/aromatic N) is 4. The highest BCUT2D eigenvalue weighted by Crippen LogP contribution is 2.30. The van der Waals surface area contributed by atoms with Crippen LogP contribution in [0, 0.1) is 10.1 Å². The normalized spacial score (nSPS) is 23.1. The number of primary amides is 1. The first-order valence-corrected chi connectivity index (χ1v) is 10.1. The molecular formula is C16H19N5O7S. The van der Waals surface area contributed by atoms with Crippen molar-refractivity contribution in [3.8, 4) is 0 Å². The molecule has 0 radical (unpaired) electrons. The molecule has 0 spiro atoms. The van der Waals surface area contributed by atoms with Crippen LogP contribution in [-0.2, 0) is 24.4 Å². The van der Waals surface area contributed by atoms with Crippen molar-refractivity contribution in [2.75, 3.05) is 19.6 Å². The molecule has 0 bridgehead atoms. The number of hydrogen-bond acceptors (Lipinski definition) is 7. The summed E-state index contributed by atoms with van der Waals surface area (Å²) in [7, 11) is -4.13. The van der Waals surface area contributed by atoms with Gasteiger partial charge in [-0.15, -0.1) is 0 Å². The van der Waals surface area contributed by atoms with Crippen LogP contribution in [0.5, 0.6) is 0 Å². The minimum absolute atomic E-state index is 0.115. The Morgan fingerprint density at radius 1 is 1.28 bits per heavy atom. The largest absolute Gasteiger partial charge is 0.368 e. The van der Waals surface area contributed by atoms with Crippen LogP contribution >= 0.6 is 0 Å². The van der Waals surface area contributed by atoms with Gasteiger partial charge in [0.25, 0.3) is 5.69 Å². The van der Waals surface area contributed by atoms with Gasteiger partial charge in [-0.1, -0.05) is 0 Å². The molecular weight excluding hydrogens is 406 g/mol. The van der Waals surface area contributed by atoms with Gasteiger partial charge in [0.15, 0.2) is 0 Å². The number of sulfonamides is 1. The number of piperazine rings is 1. The van der Waals surface area contributed by atoms with E-state index < -0.39 is 45.5 Å². The van der Waals surface area contributed by atoms with Crippen LogP contribution in [-0.4, -0.2) is 77.0 Å². The summed E-state index contributed by atoms with van der Waals surface area (Å²) >= 11 is 0. The van der Waals surface area contributed by atoms with E-state index in [1.807, 2.05) is 0 Å². The van der Waals surface area contributed by atoms with E-state index in [0.717, 1.165) is 33.5 Å². The molecule has 0 aliphatic carbocycles. The van der Waals surface area contributed by atoms with Crippen molar-refractivity contribution in [3.05, 3.63) is 34.4 Å². The molecule has 2 aliphatic rings. The van der Waals surface area contributed by atoms with E-state index in [4.69, 9.17) is 5.73 Å². The Morgan fingerprint density at radius 2 is 1.90 bits per heavy atom. The maximum absolute atomic E-state index is 13.2. The lowest BCUT2D eigenvalue weighted by Gasteiger charge is -2.50. The van der Waals surface area contributed by atoms with E-state index in [1.54, 1.807) is 0 Å². The zero-order valence-electron chi connectivity index (χ0n) is 15.4. The molecule has 2 aliphatic heterocycles. The van der Waals surface area contributed by atoms with Gasteiger partial charge in [-0.25, -0.2) is 8.42 Å². The van der Waals surface area contributed by atoms with Gasteiger partial charge in [0.1, 0.15) is 12.2 Å². The zero-order chi connectivity index (χ0) is 21.5. The monoisotopic (exact) mass is 425 g/mol. The van der Waals surface area contributed by atoms with Crippen LogP contribution in [0.4, 0.5) is 5.69 Å². The fraction of sp³-hybridized carbons (Fsp3) is 0.438. The number of nitro groups is 1. The second-order valence-corrected chi connectivity index (χ2v) is 8.65. The summed E-state index contributed by atoms with van der Waals surface area (Å²) in [5.74, 6) is -1.63. The van der Waals surface area contributed by atoms with Crippen LogP contribution in [0.2, 0.25) is 0 Å². The van der Waals surface area contributed by atoms with E-state index in [1.165, 1.54) is 11.8 Å². The summed E-state index contributed by atoms with van der Waals surface area (Å²) in [6, 6.07) is 3.42. The van der Waals surface area contributed by atoms with Gasteiger partial charge in [0.05, 0.1) is 22.9 Å². The van der Waals surface area contributed by atoms with Crippen molar-refractivity contribution < 1.29 is 27.7 Å². The Morgan fingerprint density at radius 3 is 2.45 bits per heavy atom. The van der Waals surface area contributed by atoms with Crippen LogP contribution in [0.15, 0.2) is 29.2 Å². The lowest BCUT2D eigenvalue weighted by Crippen LogP contribution is -2.71. The van der Waals surface area contributed by atoms with Gasteiger partial charge < -0.3 is 15.5 Å². The Balaban J connectivity index is 1.97. The smallest absolute Gasteiger partial charge is 0.269 e. The van der Waals surface area contributed by atoms with Gasteiger partial charge in [-0.3, -0.25) is 24.5 Å². The minimum atomic E-state index is -4.13. The van der Waals surface area contributed by atoms with E-state index >= 15 is 0 Å². The molecule has 2 atom stereocenters. The van der Waals surface area contributed by atoms with Gasteiger partial charge in [0, 0.05) is 25.1 Å². The molecule has 0 saturated carbocycles. The molecule has 3 amide bonds. The molecule has 12 nitrogen and oxygen atoms in total. The summed E-state index contributed by atoms with van der Waals surface area (Å²) in [4.78, 5) is 48.5. The third-order valence-electron chi connectivity index (χ3n) is 4.96. The standard InChI is InChI=1S/C16H19N5O7S/c1-10-16(24)18(8-13(17)22)9-14-19(7-6-15(23)20(10)14)29(27,28)12-4-2-11(3-5-12)21(25)26/h2-5,10,14H,6-9H2,1H3,(H2,17,22)/t10-,14+/m0/s1. The predicted octanol–water partition coefficient (Wildman–Crippen LogP) is -1.14. The highest BCUT2D eigenvalue weighted by Gasteiger charge is 2.49. The second-order valence-electron chi connectivity index (χ2n) is 6.76. The first kappa shape index (κ1) is 20.7. The number of rotatable bonds is 5. The number of benzene rings is 1. The number of amides is 3. The van der Waals surface area contributed by atoms with E-state index in [2.05, 4.69) is 0 Å². The maximum atomic E-state index is 13.2. The molecule has 156 valence electrons. The molecule has 0 unspecified atom stereocenters. The number of carbonyl (C=O) groups is 3. The average molecular weight is 425 g/mol. The number of nitrogens with two attached hydrogens (primary N) is 1. The Kier molecular flexibility index (Phi) is 5.28. The van der Waals surface area contributed by atoms with Crippen LogP contribution in [0.25, 0.3) is 0 Å². The number of nitro benzene ring substituents is 1. The quantitative estimate of drug-likeness (QED) is 0.460. The number of non-ortho nitro benzene ring substituents is 1. The fourth-order valence-corrected chi connectivity index (χ4v) is 5.17. The van der Waals surface area contributed by atoms with Gasteiger partial charge in [0.2, 0.25) is 27.7 Å². The van der Waals surface area contributed by atoms with Crippen molar-refractivity contribution in [1.29, 1.82) is 0 Å². The summed E-state index contributed by atoms with van der Waals surface area (Å²) in [5.41, 5.74) is 4.92. The molecule has 3 rings (SSSR count). The zero-order valence-corrected chi connectivity index (χ0v) is 16.2. The Bertz CT molecular complexity index is 974. The van der Waals surface area contributed by atoms with E-state index in [9.17, 15) is 32.9 Å². The molecule has 2 heterocycles. The van der Waals surface area contributed by atoms with Crippen LogP contribution in [0.1, 0.15) is 13.3 Å². The molecule has 29 heavy (non-hydrogen) atoms. The van der Waals surface area contributed by atoms with Crippen molar-refractivity contribution in [1.82, 2.24) is 14.1 Å². The van der Waals surface area contributed by atoms with Crippen LogP contribution in [0.3, 0.4) is 0 Å². The number of carbonyl (C=O) groups excluding carboxylic acids is 3. The van der Waals surface area contributed by atoms with Gasteiger partial charge in [-0.2, -0.15) is 4.31 Å². The summed E-state index contributed by atoms with van der Waals surface area (Å²) in [6.07, 6.45) is -1.13. The molecule has 2 N–H and O–H groups in total. The van der Waals surface area contributed by atoms with Crippen LogP contribution < -0.4 is 5.73 Å². The third kappa shape index (κ3) is 3.65. The highest BCUT2D eigenvalue weighted by molar-refractivity contribution is 7.89. The number of fused-ring (bicyclic) bond motifs is 1. The van der Waals surface area contributed by atoms with Crippen molar-refractivity contribution in [2.45, 2.75) is 30.4 Å². The lowest BCUT2D eigenvalue weighted by atomic mass is 10.1. The molecule has 2 saturated heterocycles.